The van der Waals surface area contributed by atoms with Crippen LogP contribution in [0.3, 0.4) is 0 Å². The number of azide groups is 1. The largest absolute Gasteiger partial charge is 0.441 e. The standard InChI is InChI=1S/C35H44N6O6Si/c1-40(2)25-8-11-28-31(22-25)48(5,6)32-23-26(41(3)4)9-12-29(32)35(28)30-21-24(7-10-27(30)34(43)47-35)33(42)37-13-15-44-17-19-46-20-18-45-16-14-38-39-36/h7-12,21-23H,13-20H2,1-6H3,(H,37,42). The normalized spacial score (nSPS) is 14.8. The Morgan fingerprint density at radius 1 is 0.833 bits per heavy atom. The summed E-state index contributed by atoms with van der Waals surface area (Å²) in [5, 5.41) is 8.73. The van der Waals surface area contributed by atoms with Gasteiger partial charge in [-0.25, -0.2) is 4.79 Å². The lowest BCUT2D eigenvalue weighted by atomic mass is 9.78. The van der Waals surface area contributed by atoms with Crippen molar-refractivity contribution in [3.05, 3.63) is 92.9 Å². The second kappa shape index (κ2) is 14.8. The number of hydrogen-bond acceptors (Lipinski definition) is 9. The van der Waals surface area contributed by atoms with Gasteiger partial charge in [0, 0.05) is 79.8 Å². The highest BCUT2D eigenvalue weighted by atomic mass is 28.3. The van der Waals surface area contributed by atoms with Gasteiger partial charge in [0.15, 0.2) is 5.60 Å². The lowest BCUT2D eigenvalue weighted by Crippen LogP contribution is -2.63. The van der Waals surface area contributed by atoms with Gasteiger partial charge >= 0.3 is 5.97 Å². The van der Waals surface area contributed by atoms with Crippen molar-refractivity contribution in [2.45, 2.75) is 18.7 Å². The first-order chi connectivity index (χ1) is 23.0. The van der Waals surface area contributed by atoms with Gasteiger partial charge < -0.3 is 34.1 Å². The number of carbonyl (C=O) groups excluding carboxylic acids is 2. The second-order valence-electron chi connectivity index (χ2n) is 12.8. The fraction of sp³-hybridized carbons (Fsp3) is 0.429. The number of hydrogen-bond donors (Lipinski definition) is 1. The minimum Gasteiger partial charge on any atom is -0.441 e. The topological polar surface area (TPSA) is 138 Å². The van der Waals surface area contributed by atoms with Gasteiger partial charge in [0.25, 0.3) is 5.91 Å². The molecule has 2 heterocycles. The Hall–Kier alpha value is -4.39. The van der Waals surface area contributed by atoms with Crippen LogP contribution >= 0.6 is 0 Å². The highest BCUT2D eigenvalue weighted by Crippen LogP contribution is 2.49. The summed E-state index contributed by atoms with van der Waals surface area (Å²) >= 11 is 0. The number of rotatable bonds is 15. The van der Waals surface area contributed by atoms with Gasteiger partial charge in [0.1, 0.15) is 8.07 Å². The van der Waals surface area contributed by atoms with E-state index < -0.39 is 19.6 Å². The zero-order chi connectivity index (χ0) is 34.5. The van der Waals surface area contributed by atoms with E-state index in [1.165, 1.54) is 10.4 Å². The Labute approximate surface area is 282 Å². The molecular formula is C35H44N6O6Si. The summed E-state index contributed by atoms with van der Waals surface area (Å²) in [4.78, 5) is 33.8. The van der Waals surface area contributed by atoms with E-state index >= 15 is 0 Å². The van der Waals surface area contributed by atoms with E-state index in [1.807, 2.05) is 34.3 Å². The number of amides is 1. The number of nitrogens with zero attached hydrogens (tertiary/aromatic N) is 5. The molecule has 0 bridgehead atoms. The van der Waals surface area contributed by atoms with E-state index in [4.69, 9.17) is 24.5 Å². The molecule has 1 amide bonds. The van der Waals surface area contributed by atoms with Gasteiger partial charge in [-0.15, -0.1) is 0 Å². The molecule has 48 heavy (non-hydrogen) atoms. The summed E-state index contributed by atoms with van der Waals surface area (Å²) in [5.41, 5.74) is 12.7. The molecule has 13 heteroatoms. The Balaban J connectivity index is 1.34. The SMILES string of the molecule is CN(C)c1ccc2c(c1)[Si](C)(C)c1cc(N(C)C)ccc1C21OC(=O)c2ccc(C(=O)NCCOCCOCCOCCN=[N+]=[N-])cc21. The molecule has 2 aliphatic rings. The predicted molar refractivity (Wildman–Crippen MR) is 189 cm³/mol. The Morgan fingerprint density at radius 3 is 1.96 bits per heavy atom. The zero-order valence-electron chi connectivity index (χ0n) is 28.5. The maximum Gasteiger partial charge on any atom is 0.340 e. The molecule has 1 N–H and O–H groups in total. The van der Waals surface area contributed by atoms with Crippen molar-refractivity contribution >= 4 is 41.7 Å². The van der Waals surface area contributed by atoms with Crippen LogP contribution in [0.25, 0.3) is 10.4 Å². The maximum absolute atomic E-state index is 13.6. The van der Waals surface area contributed by atoms with Crippen LogP contribution < -0.4 is 25.5 Å². The minimum absolute atomic E-state index is 0.262. The smallest absolute Gasteiger partial charge is 0.340 e. The Bertz CT molecular complexity index is 1660. The van der Waals surface area contributed by atoms with Crippen LogP contribution in [0.1, 0.15) is 37.4 Å². The van der Waals surface area contributed by atoms with Crippen molar-refractivity contribution < 1.29 is 28.5 Å². The van der Waals surface area contributed by atoms with Crippen molar-refractivity contribution in [3.63, 3.8) is 0 Å². The number of fused-ring (bicyclic) bond motifs is 6. The summed E-state index contributed by atoms with van der Waals surface area (Å²) in [6.07, 6.45) is 0. The molecule has 0 aromatic heterocycles. The minimum atomic E-state index is -2.27. The average Bonchev–Trinajstić information content (AvgIpc) is 3.37. The molecule has 0 saturated heterocycles. The molecule has 2 aliphatic heterocycles. The first-order valence-electron chi connectivity index (χ1n) is 16.1. The van der Waals surface area contributed by atoms with Crippen molar-refractivity contribution in [2.75, 3.05) is 90.7 Å². The molecule has 0 radical (unpaired) electrons. The van der Waals surface area contributed by atoms with Gasteiger partial charge in [-0.2, -0.15) is 0 Å². The van der Waals surface area contributed by atoms with E-state index in [9.17, 15) is 9.59 Å². The first kappa shape index (κ1) is 34.9. The molecule has 1 spiro atoms. The van der Waals surface area contributed by atoms with Crippen LogP contribution in [0.2, 0.25) is 13.1 Å². The summed E-state index contributed by atoms with van der Waals surface area (Å²) in [6, 6.07) is 18.0. The number of anilines is 2. The van der Waals surface area contributed by atoms with Crippen molar-refractivity contribution in [3.8, 4) is 0 Å². The fourth-order valence-electron chi connectivity index (χ4n) is 6.39. The van der Waals surface area contributed by atoms with Gasteiger partial charge in [-0.3, -0.25) is 4.79 Å². The van der Waals surface area contributed by atoms with E-state index in [-0.39, 0.29) is 5.91 Å². The molecule has 3 aromatic rings. The summed E-state index contributed by atoms with van der Waals surface area (Å²) in [5.74, 6) is -0.666. The number of carbonyl (C=O) groups is 2. The number of esters is 1. The summed E-state index contributed by atoms with van der Waals surface area (Å²) in [7, 11) is 5.83. The summed E-state index contributed by atoms with van der Waals surface area (Å²) in [6.45, 7) is 7.54. The number of nitrogens with one attached hydrogen (secondary N) is 1. The van der Waals surface area contributed by atoms with Crippen LogP contribution in [-0.4, -0.2) is 101 Å². The monoisotopic (exact) mass is 672 g/mol. The lowest BCUT2D eigenvalue weighted by Gasteiger charge is -2.44. The van der Waals surface area contributed by atoms with Crippen molar-refractivity contribution in [1.82, 2.24) is 5.32 Å². The van der Waals surface area contributed by atoms with E-state index in [0.717, 1.165) is 22.5 Å². The number of ether oxygens (including phenoxy) is 4. The van der Waals surface area contributed by atoms with E-state index in [0.29, 0.717) is 69.4 Å². The zero-order valence-corrected chi connectivity index (χ0v) is 29.5. The second-order valence-corrected chi connectivity index (χ2v) is 17.1. The first-order valence-corrected chi connectivity index (χ1v) is 19.1. The third kappa shape index (κ3) is 6.78. The Morgan fingerprint density at radius 2 is 1.40 bits per heavy atom. The molecule has 12 nitrogen and oxygen atoms in total. The third-order valence-corrected chi connectivity index (χ3v) is 12.5. The van der Waals surface area contributed by atoms with Crippen LogP contribution in [-0.2, 0) is 24.5 Å². The molecule has 0 unspecified atom stereocenters. The Kier molecular flexibility index (Phi) is 10.8. The van der Waals surface area contributed by atoms with Crippen LogP contribution in [0.15, 0.2) is 59.7 Å². The lowest BCUT2D eigenvalue weighted by molar-refractivity contribution is 0.0166. The van der Waals surface area contributed by atoms with Gasteiger partial charge in [-0.05, 0) is 58.4 Å². The highest BCUT2D eigenvalue weighted by molar-refractivity contribution is 7.01. The highest BCUT2D eigenvalue weighted by Gasteiger charge is 2.56. The average molecular weight is 673 g/mol. The molecule has 0 aliphatic carbocycles. The summed E-state index contributed by atoms with van der Waals surface area (Å²) < 4.78 is 22.8. The van der Waals surface area contributed by atoms with E-state index in [2.05, 4.69) is 74.6 Å². The molecule has 0 fully saturated rings. The molecule has 5 rings (SSSR count). The van der Waals surface area contributed by atoms with Crippen molar-refractivity contribution in [2.24, 2.45) is 5.11 Å². The van der Waals surface area contributed by atoms with Crippen LogP contribution in [0.5, 0.6) is 0 Å². The third-order valence-electron chi connectivity index (χ3n) is 8.95. The van der Waals surface area contributed by atoms with Gasteiger partial charge in [0.2, 0.25) is 0 Å². The molecule has 0 atom stereocenters. The molecular weight excluding hydrogens is 629 g/mol. The molecule has 0 saturated carbocycles. The van der Waals surface area contributed by atoms with E-state index in [1.54, 1.807) is 12.1 Å². The quantitative estimate of drug-likeness (QED) is 0.0647. The maximum atomic E-state index is 13.6. The number of benzene rings is 3. The predicted octanol–water partition coefficient (Wildman–Crippen LogP) is 3.51. The van der Waals surface area contributed by atoms with Crippen LogP contribution in [0, 0.1) is 0 Å². The molecule has 254 valence electrons. The van der Waals surface area contributed by atoms with Gasteiger partial charge in [0.05, 0.1) is 45.2 Å². The molecule has 3 aromatic carbocycles. The van der Waals surface area contributed by atoms with Crippen molar-refractivity contribution in [1.29, 1.82) is 0 Å². The van der Waals surface area contributed by atoms with Crippen LogP contribution in [0.4, 0.5) is 11.4 Å². The fourth-order valence-corrected chi connectivity index (χ4v) is 9.57. The van der Waals surface area contributed by atoms with Gasteiger partial charge in [-0.1, -0.05) is 30.3 Å².